The second-order valence-corrected chi connectivity index (χ2v) is 6.67. The second kappa shape index (κ2) is 6.45. The zero-order valence-electron chi connectivity index (χ0n) is 13.8. The zero-order chi connectivity index (χ0) is 17.6. The summed E-state index contributed by atoms with van der Waals surface area (Å²) in [5, 5.41) is 32.2. The number of carbonyl (C=O) groups excluding carboxylic acids is 1. The number of imidazole rings is 1. The minimum absolute atomic E-state index is 0.0999. The van der Waals surface area contributed by atoms with Crippen molar-refractivity contribution in [3.63, 3.8) is 0 Å². The number of ether oxygens (including phenoxy) is 1. The van der Waals surface area contributed by atoms with Gasteiger partial charge in [-0.2, -0.15) is 4.98 Å². The van der Waals surface area contributed by atoms with E-state index in [4.69, 9.17) is 4.74 Å². The van der Waals surface area contributed by atoms with E-state index >= 15 is 0 Å². The van der Waals surface area contributed by atoms with Gasteiger partial charge in [-0.15, -0.1) is 0 Å². The van der Waals surface area contributed by atoms with Crippen LogP contribution in [0.1, 0.15) is 29.8 Å². The maximum atomic E-state index is 12.2. The number of aromatic nitrogens is 2. The first-order chi connectivity index (χ1) is 12.1. The number of anilines is 2. The highest BCUT2D eigenvalue weighted by atomic mass is 16.6. The van der Waals surface area contributed by atoms with Gasteiger partial charge in [0.2, 0.25) is 5.95 Å². The number of amides is 1. The summed E-state index contributed by atoms with van der Waals surface area (Å²) in [6.45, 7) is 1.45. The van der Waals surface area contributed by atoms with E-state index in [1.165, 1.54) is 6.42 Å². The molecule has 1 aromatic rings. The smallest absolute Gasteiger partial charge is 0.273 e. The lowest BCUT2D eigenvalue weighted by molar-refractivity contribution is -0.0232. The maximum Gasteiger partial charge on any atom is 0.273 e. The van der Waals surface area contributed by atoms with Crippen molar-refractivity contribution in [2.45, 2.75) is 43.8 Å². The Morgan fingerprint density at radius 3 is 2.64 bits per heavy atom. The number of aliphatic hydroxyl groups is 3. The van der Waals surface area contributed by atoms with Crippen molar-refractivity contribution in [2.75, 3.05) is 36.2 Å². The summed E-state index contributed by atoms with van der Waals surface area (Å²) in [5.74, 6) is 0.742. The van der Waals surface area contributed by atoms with Crippen LogP contribution in [-0.2, 0) is 4.74 Å². The summed E-state index contributed by atoms with van der Waals surface area (Å²) in [6.07, 6.45) is -0.838. The Labute approximate surface area is 144 Å². The van der Waals surface area contributed by atoms with Gasteiger partial charge in [-0.05, 0) is 19.3 Å². The molecule has 0 unspecified atom stereocenters. The standard InChI is InChI=1S/C15H23N5O5/c21-6-8-10(22)11(23)14(25-8)20-7-16-13(24)9-12(20)18-15(17-9)19-4-2-1-3-5-19/h8,10-11,14,21-23H,1-7H2,(H,16,24)(H,17,18)/t8-,10-,11+,14-/m1/s1. The van der Waals surface area contributed by atoms with Crippen molar-refractivity contribution < 1.29 is 24.9 Å². The molecule has 138 valence electrons. The number of hydrogen-bond donors (Lipinski definition) is 5. The molecule has 25 heavy (non-hydrogen) atoms. The SMILES string of the molecule is O=C1NCN([C@@H]2O[C@H](CO)[C@@H](O)[C@@H]2O)c2nc(N3CCCCC3)[nH]c21. The van der Waals surface area contributed by atoms with E-state index in [2.05, 4.69) is 20.2 Å². The summed E-state index contributed by atoms with van der Waals surface area (Å²) in [4.78, 5) is 23.5. The monoisotopic (exact) mass is 353 g/mol. The molecule has 0 saturated carbocycles. The molecule has 1 amide bonds. The Hall–Kier alpha value is -1.88. The molecule has 4 rings (SSSR count). The largest absolute Gasteiger partial charge is 0.394 e. The normalized spacial score (nSPS) is 32.7. The first kappa shape index (κ1) is 16.6. The molecule has 0 spiro atoms. The number of rotatable bonds is 3. The molecular weight excluding hydrogens is 330 g/mol. The molecule has 1 aromatic heterocycles. The minimum Gasteiger partial charge on any atom is -0.394 e. The molecule has 0 radical (unpaired) electrons. The predicted molar refractivity (Wildman–Crippen MR) is 87.2 cm³/mol. The molecule has 10 heteroatoms. The second-order valence-electron chi connectivity index (χ2n) is 6.67. The van der Waals surface area contributed by atoms with Crippen molar-refractivity contribution >= 4 is 17.7 Å². The van der Waals surface area contributed by atoms with Crippen LogP contribution in [0.4, 0.5) is 11.8 Å². The van der Waals surface area contributed by atoms with E-state index < -0.39 is 31.1 Å². The van der Waals surface area contributed by atoms with Gasteiger partial charge in [0.25, 0.3) is 5.91 Å². The fourth-order valence-electron chi connectivity index (χ4n) is 3.64. The number of nitrogens with zero attached hydrogens (tertiary/aromatic N) is 3. The van der Waals surface area contributed by atoms with E-state index in [1.807, 2.05) is 0 Å². The number of piperidine rings is 1. The van der Waals surface area contributed by atoms with E-state index in [0.717, 1.165) is 25.9 Å². The van der Waals surface area contributed by atoms with Crippen molar-refractivity contribution in [2.24, 2.45) is 0 Å². The highest BCUT2D eigenvalue weighted by Gasteiger charge is 2.47. The van der Waals surface area contributed by atoms with Crippen LogP contribution in [0.3, 0.4) is 0 Å². The quantitative estimate of drug-likeness (QED) is 0.436. The van der Waals surface area contributed by atoms with Crippen LogP contribution in [0.25, 0.3) is 0 Å². The lowest BCUT2D eigenvalue weighted by atomic mass is 10.1. The van der Waals surface area contributed by atoms with E-state index in [9.17, 15) is 20.1 Å². The molecule has 2 saturated heterocycles. The van der Waals surface area contributed by atoms with Crippen LogP contribution in [0.2, 0.25) is 0 Å². The van der Waals surface area contributed by atoms with Gasteiger partial charge in [-0.3, -0.25) is 4.79 Å². The van der Waals surface area contributed by atoms with Crippen LogP contribution in [-0.4, -0.2) is 82.1 Å². The van der Waals surface area contributed by atoms with Gasteiger partial charge in [0.15, 0.2) is 17.7 Å². The van der Waals surface area contributed by atoms with Gasteiger partial charge in [0.05, 0.1) is 13.3 Å². The van der Waals surface area contributed by atoms with Crippen molar-refractivity contribution in [3.05, 3.63) is 5.69 Å². The third-order valence-electron chi connectivity index (χ3n) is 5.06. The van der Waals surface area contributed by atoms with Gasteiger partial charge in [0.1, 0.15) is 18.3 Å². The molecule has 5 N–H and O–H groups in total. The van der Waals surface area contributed by atoms with Crippen LogP contribution in [0.15, 0.2) is 0 Å². The van der Waals surface area contributed by atoms with Crippen LogP contribution in [0, 0.1) is 0 Å². The highest BCUT2D eigenvalue weighted by Crippen LogP contribution is 2.32. The number of aliphatic hydroxyl groups excluding tert-OH is 3. The minimum atomic E-state index is -1.21. The lowest BCUT2D eigenvalue weighted by Gasteiger charge is -2.33. The van der Waals surface area contributed by atoms with Gasteiger partial charge in [-0.25, -0.2) is 0 Å². The molecule has 3 aliphatic rings. The van der Waals surface area contributed by atoms with Gasteiger partial charge in [-0.1, -0.05) is 0 Å². The maximum absolute atomic E-state index is 12.2. The first-order valence-corrected chi connectivity index (χ1v) is 8.62. The number of fused-ring (bicyclic) bond motifs is 1. The van der Waals surface area contributed by atoms with Crippen LogP contribution >= 0.6 is 0 Å². The number of carbonyl (C=O) groups is 1. The average Bonchev–Trinajstić information content (AvgIpc) is 3.20. The Bertz CT molecular complexity index is 646. The summed E-state index contributed by atoms with van der Waals surface area (Å²) in [5.41, 5.74) is 0.310. The topological polar surface area (TPSA) is 134 Å². The number of aromatic amines is 1. The van der Waals surface area contributed by atoms with E-state index in [-0.39, 0.29) is 12.6 Å². The van der Waals surface area contributed by atoms with Crippen molar-refractivity contribution in [1.29, 1.82) is 0 Å². The van der Waals surface area contributed by atoms with E-state index in [1.54, 1.807) is 4.90 Å². The van der Waals surface area contributed by atoms with Crippen LogP contribution < -0.4 is 15.1 Å². The molecule has 3 aliphatic heterocycles. The number of nitrogens with one attached hydrogen (secondary N) is 2. The summed E-state index contributed by atoms with van der Waals surface area (Å²) >= 11 is 0. The van der Waals surface area contributed by atoms with Gasteiger partial charge >= 0.3 is 0 Å². The predicted octanol–water partition coefficient (Wildman–Crippen LogP) is -1.65. The molecule has 0 aromatic carbocycles. The first-order valence-electron chi connectivity index (χ1n) is 8.62. The average molecular weight is 353 g/mol. The summed E-state index contributed by atoms with van der Waals surface area (Å²) in [7, 11) is 0. The molecule has 0 aliphatic carbocycles. The van der Waals surface area contributed by atoms with Crippen LogP contribution in [0.5, 0.6) is 0 Å². The Morgan fingerprint density at radius 2 is 1.96 bits per heavy atom. The Kier molecular flexibility index (Phi) is 4.28. The third-order valence-corrected chi connectivity index (χ3v) is 5.06. The lowest BCUT2D eigenvalue weighted by Crippen LogP contribution is -2.52. The summed E-state index contributed by atoms with van der Waals surface area (Å²) in [6, 6.07) is 0. The molecule has 2 fully saturated rings. The molecule has 10 nitrogen and oxygen atoms in total. The Morgan fingerprint density at radius 1 is 1.20 bits per heavy atom. The molecular formula is C15H23N5O5. The molecule has 0 bridgehead atoms. The van der Waals surface area contributed by atoms with E-state index in [0.29, 0.717) is 17.5 Å². The number of hydrogen-bond acceptors (Lipinski definition) is 8. The molecule has 4 atom stereocenters. The molecule has 4 heterocycles. The van der Waals surface area contributed by atoms with Gasteiger partial charge < -0.3 is 40.2 Å². The van der Waals surface area contributed by atoms with Gasteiger partial charge in [0, 0.05) is 13.1 Å². The van der Waals surface area contributed by atoms with Crippen molar-refractivity contribution in [1.82, 2.24) is 15.3 Å². The highest BCUT2D eigenvalue weighted by molar-refractivity contribution is 5.99. The Balaban J connectivity index is 1.63. The zero-order valence-corrected chi connectivity index (χ0v) is 13.8. The van der Waals surface area contributed by atoms with Crippen molar-refractivity contribution in [3.8, 4) is 0 Å². The summed E-state index contributed by atoms with van der Waals surface area (Å²) < 4.78 is 5.58. The third kappa shape index (κ3) is 2.74. The fourth-order valence-corrected chi connectivity index (χ4v) is 3.64. The number of H-pyrrole nitrogens is 1. The fraction of sp³-hybridized carbons (Fsp3) is 0.733.